The number of carbonyl (C=O) groups is 2. The standard InChI is InChI=1S/C14H19N3O3S/c1-20-12-6-4-11(5-7-12)9-21-8-2-3-13(15)14(19)17(16)10-18/h4-7,10,15H,2-3,8-9,16H2,1H3. The number of hydrazine groups is 1. The van der Waals surface area contributed by atoms with Gasteiger partial charge in [0.05, 0.1) is 12.8 Å². The van der Waals surface area contributed by atoms with E-state index < -0.39 is 5.91 Å². The molecule has 0 aromatic heterocycles. The summed E-state index contributed by atoms with van der Waals surface area (Å²) in [5, 5.41) is 7.92. The third-order valence-corrected chi connectivity index (χ3v) is 3.86. The first kappa shape index (κ1) is 17.2. The topological polar surface area (TPSA) is 96.5 Å². The van der Waals surface area contributed by atoms with E-state index in [4.69, 9.17) is 16.0 Å². The number of ether oxygens (including phenoxy) is 1. The lowest BCUT2D eigenvalue weighted by Crippen LogP contribution is -2.40. The van der Waals surface area contributed by atoms with E-state index in [9.17, 15) is 9.59 Å². The molecule has 7 heteroatoms. The summed E-state index contributed by atoms with van der Waals surface area (Å²) in [6, 6.07) is 7.85. The van der Waals surface area contributed by atoms with Crippen LogP contribution in [0.15, 0.2) is 24.3 Å². The second-order valence-corrected chi connectivity index (χ2v) is 5.41. The molecule has 0 radical (unpaired) electrons. The molecule has 0 heterocycles. The Bertz CT molecular complexity index is 491. The van der Waals surface area contributed by atoms with Gasteiger partial charge in [-0.2, -0.15) is 11.8 Å². The highest BCUT2D eigenvalue weighted by Gasteiger charge is 2.14. The van der Waals surface area contributed by atoms with Gasteiger partial charge >= 0.3 is 0 Å². The molecule has 0 saturated heterocycles. The van der Waals surface area contributed by atoms with E-state index >= 15 is 0 Å². The molecule has 0 aliphatic carbocycles. The van der Waals surface area contributed by atoms with E-state index in [1.54, 1.807) is 18.9 Å². The number of rotatable bonds is 9. The minimum Gasteiger partial charge on any atom is -0.497 e. The normalized spacial score (nSPS) is 10.0. The van der Waals surface area contributed by atoms with Crippen LogP contribution in [0.25, 0.3) is 0 Å². The highest BCUT2D eigenvalue weighted by atomic mass is 32.2. The van der Waals surface area contributed by atoms with Gasteiger partial charge in [-0.05, 0) is 36.3 Å². The average molecular weight is 309 g/mol. The first-order valence-electron chi connectivity index (χ1n) is 6.40. The number of imide groups is 1. The molecule has 1 aromatic rings. The lowest BCUT2D eigenvalue weighted by Gasteiger charge is -2.08. The number of nitrogens with zero attached hydrogens (tertiary/aromatic N) is 1. The van der Waals surface area contributed by atoms with E-state index in [2.05, 4.69) is 0 Å². The number of hydrogen-bond donors (Lipinski definition) is 2. The molecule has 2 amide bonds. The van der Waals surface area contributed by atoms with Crippen molar-refractivity contribution in [2.24, 2.45) is 5.84 Å². The molecule has 0 spiro atoms. The molecule has 0 bridgehead atoms. The summed E-state index contributed by atoms with van der Waals surface area (Å²) in [7, 11) is 1.63. The van der Waals surface area contributed by atoms with E-state index in [-0.39, 0.29) is 12.1 Å². The smallest absolute Gasteiger partial charge is 0.288 e. The summed E-state index contributed by atoms with van der Waals surface area (Å²) in [6.45, 7) is 0. The molecule has 0 fully saturated rings. The molecule has 3 N–H and O–H groups in total. The fraction of sp³-hybridized carbons (Fsp3) is 0.357. The first-order chi connectivity index (χ1) is 10.1. The number of nitrogens with two attached hydrogens (primary N) is 1. The molecule has 114 valence electrons. The summed E-state index contributed by atoms with van der Waals surface area (Å²) in [5.74, 6) is 6.88. The lowest BCUT2D eigenvalue weighted by molar-refractivity contribution is -0.133. The van der Waals surface area contributed by atoms with Gasteiger partial charge in [-0.25, -0.2) is 10.9 Å². The van der Waals surface area contributed by atoms with Crippen molar-refractivity contribution in [3.8, 4) is 5.75 Å². The second-order valence-electron chi connectivity index (χ2n) is 4.30. The van der Waals surface area contributed by atoms with Crippen LogP contribution in [0, 0.1) is 5.41 Å². The zero-order valence-corrected chi connectivity index (χ0v) is 12.7. The Morgan fingerprint density at radius 2 is 2.10 bits per heavy atom. The molecule has 0 saturated carbocycles. The van der Waals surface area contributed by atoms with Crippen molar-refractivity contribution in [2.45, 2.75) is 18.6 Å². The number of methoxy groups -OCH3 is 1. The average Bonchev–Trinajstić information content (AvgIpc) is 2.53. The Hall–Kier alpha value is -1.86. The maximum Gasteiger partial charge on any atom is 0.288 e. The first-order valence-corrected chi connectivity index (χ1v) is 7.55. The Morgan fingerprint density at radius 1 is 1.43 bits per heavy atom. The SMILES string of the molecule is COc1ccc(CSCCCC(=N)C(=O)N(N)C=O)cc1. The zero-order valence-electron chi connectivity index (χ0n) is 11.9. The molecule has 1 aromatic carbocycles. The Labute approximate surface area is 128 Å². The van der Waals surface area contributed by atoms with Crippen molar-refractivity contribution < 1.29 is 14.3 Å². The van der Waals surface area contributed by atoms with Crippen LogP contribution < -0.4 is 10.6 Å². The second kappa shape index (κ2) is 9.15. The predicted molar refractivity (Wildman–Crippen MR) is 83.2 cm³/mol. The Balaban J connectivity index is 2.20. The van der Waals surface area contributed by atoms with Crippen LogP contribution in [0.3, 0.4) is 0 Å². The maximum atomic E-state index is 11.3. The molecule has 0 unspecified atom stereocenters. The highest BCUT2D eigenvalue weighted by Crippen LogP contribution is 2.17. The van der Waals surface area contributed by atoms with Gasteiger partial charge in [0.1, 0.15) is 5.75 Å². The Kier molecular flexibility index (Phi) is 7.49. The number of nitrogens with one attached hydrogen (secondary N) is 1. The monoisotopic (exact) mass is 309 g/mol. The van der Waals surface area contributed by atoms with Gasteiger partial charge < -0.3 is 4.74 Å². The van der Waals surface area contributed by atoms with Crippen LogP contribution in [0.1, 0.15) is 18.4 Å². The van der Waals surface area contributed by atoms with Gasteiger partial charge in [-0.1, -0.05) is 12.1 Å². The molecule has 1 rings (SSSR count). The van der Waals surface area contributed by atoms with Crippen LogP contribution in [-0.2, 0) is 15.3 Å². The number of thioether (sulfide) groups is 1. The third kappa shape index (κ3) is 5.97. The fourth-order valence-electron chi connectivity index (χ4n) is 1.57. The van der Waals surface area contributed by atoms with Crippen molar-refractivity contribution in [1.29, 1.82) is 5.41 Å². The summed E-state index contributed by atoms with van der Waals surface area (Å²) >= 11 is 1.72. The van der Waals surface area contributed by atoms with E-state index in [0.717, 1.165) is 17.3 Å². The van der Waals surface area contributed by atoms with E-state index in [1.165, 1.54) is 5.56 Å². The molecular weight excluding hydrogens is 290 g/mol. The number of hydrogen-bond acceptors (Lipinski definition) is 6. The summed E-state index contributed by atoms with van der Waals surface area (Å²) < 4.78 is 5.09. The van der Waals surface area contributed by atoms with Gasteiger partial charge in [-0.15, -0.1) is 0 Å². The van der Waals surface area contributed by atoms with Crippen LogP contribution in [0.5, 0.6) is 5.75 Å². The number of benzene rings is 1. The molecule has 0 aliphatic rings. The largest absolute Gasteiger partial charge is 0.497 e. The minimum atomic E-state index is -0.745. The molecule has 6 nitrogen and oxygen atoms in total. The number of amides is 2. The van der Waals surface area contributed by atoms with Gasteiger partial charge in [0.15, 0.2) is 0 Å². The van der Waals surface area contributed by atoms with Crippen LogP contribution in [0.4, 0.5) is 0 Å². The van der Waals surface area contributed by atoms with Crippen molar-refractivity contribution in [2.75, 3.05) is 12.9 Å². The van der Waals surface area contributed by atoms with Gasteiger partial charge in [0.2, 0.25) is 6.41 Å². The van der Waals surface area contributed by atoms with Crippen LogP contribution in [-0.4, -0.2) is 35.9 Å². The summed E-state index contributed by atoms with van der Waals surface area (Å²) in [4.78, 5) is 21.6. The van der Waals surface area contributed by atoms with Crippen molar-refractivity contribution >= 4 is 29.8 Å². The van der Waals surface area contributed by atoms with E-state index in [1.807, 2.05) is 24.3 Å². The lowest BCUT2D eigenvalue weighted by atomic mass is 10.2. The minimum absolute atomic E-state index is 0.144. The molecule has 0 aliphatic heterocycles. The summed E-state index contributed by atoms with van der Waals surface area (Å²) in [6.07, 6.45) is 1.21. The van der Waals surface area contributed by atoms with Crippen molar-refractivity contribution in [3.63, 3.8) is 0 Å². The zero-order chi connectivity index (χ0) is 15.7. The molecule has 21 heavy (non-hydrogen) atoms. The summed E-state index contributed by atoms with van der Waals surface area (Å²) in [5.41, 5.74) is 1.05. The number of carbonyl (C=O) groups excluding carboxylic acids is 2. The van der Waals surface area contributed by atoms with Crippen molar-refractivity contribution in [3.05, 3.63) is 29.8 Å². The van der Waals surface area contributed by atoms with Gasteiger partial charge in [0, 0.05) is 5.75 Å². The third-order valence-electron chi connectivity index (χ3n) is 2.75. The molecular formula is C14H19N3O3S. The predicted octanol–water partition coefficient (Wildman–Crippen LogP) is 1.59. The van der Waals surface area contributed by atoms with Crippen LogP contribution in [0.2, 0.25) is 0 Å². The Morgan fingerprint density at radius 3 is 2.67 bits per heavy atom. The van der Waals surface area contributed by atoms with Crippen molar-refractivity contribution in [1.82, 2.24) is 5.01 Å². The van der Waals surface area contributed by atoms with Crippen LogP contribution >= 0.6 is 11.8 Å². The molecule has 0 atom stereocenters. The maximum absolute atomic E-state index is 11.3. The quantitative estimate of drug-likeness (QED) is 0.180. The highest BCUT2D eigenvalue weighted by molar-refractivity contribution is 7.98. The van der Waals surface area contributed by atoms with E-state index in [0.29, 0.717) is 17.9 Å². The fourth-order valence-corrected chi connectivity index (χ4v) is 2.49. The van der Waals surface area contributed by atoms with Gasteiger partial charge in [-0.3, -0.25) is 15.0 Å². The van der Waals surface area contributed by atoms with Gasteiger partial charge in [0.25, 0.3) is 5.91 Å².